The number of carbonyl (C=O) groups excluding carboxylic acids is 1. The summed E-state index contributed by atoms with van der Waals surface area (Å²) in [5, 5.41) is 0. The lowest BCUT2D eigenvalue weighted by atomic mass is 9.74. The van der Waals surface area contributed by atoms with Gasteiger partial charge in [0.05, 0.1) is 7.57 Å². The molecule has 0 N–H and O–H groups in total. The monoisotopic (exact) mass is 378 g/mol. The Bertz CT molecular complexity index is 414. The second-order valence-electron chi connectivity index (χ2n) is 4.66. The molecule has 0 aliphatic heterocycles. The molecule has 1 fully saturated rings. The number of ketones is 1. The molecule has 1 aliphatic rings. The third kappa shape index (κ3) is 3.02. The normalized spacial score (nSPS) is 24.9. The van der Waals surface area contributed by atoms with Crippen LogP contribution in [-0.2, 0) is 0 Å². The van der Waals surface area contributed by atoms with Gasteiger partial charge in [-0.25, -0.2) is 0 Å². The third-order valence-corrected chi connectivity index (χ3v) is 6.03. The number of halogens is 2. The van der Waals surface area contributed by atoms with Gasteiger partial charge in [0.15, 0.2) is 5.78 Å². The van der Waals surface area contributed by atoms with E-state index in [-0.39, 0.29) is 5.92 Å². The maximum Gasteiger partial charge on any atom is 0.168 e. The zero-order valence-electron chi connectivity index (χ0n) is 9.84. The molecule has 1 saturated carbocycles. The summed E-state index contributed by atoms with van der Waals surface area (Å²) in [7, 11) is 0. The second kappa shape index (κ2) is 5.98. The summed E-state index contributed by atoms with van der Waals surface area (Å²) in [6.07, 6.45) is 5.90. The van der Waals surface area contributed by atoms with Crippen LogP contribution in [0.25, 0.3) is 0 Å². The second-order valence-corrected chi connectivity index (χ2v) is 8.41. The predicted octanol–water partition coefficient (Wildman–Crippen LogP) is 5.67. The first-order valence-electron chi connectivity index (χ1n) is 6.12. The molecule has 0 aromatic carbocycles. The lowest BCUT2D eigenvalue weighted by molar-refractivity contribution is 0.0820. The topological polar surface area (TPSA) is 17.1 Å². The summed E-state index contributed by atoms with van der Waals surface area (Å²) in [4.78, 5) is 12.6. The Labute approximate surface area is 123 Å². The molecular weight excluding hydrogens is 364 g/mol. The highest BCUT2D eigenvalue weighted by Crippen LogP contribution is 2.39. The first-order chi connectivity index (χ1) is 8.13. The number of thiophene rings is 1. The molecule has 4 heteroatoms. The molecule has 0 saturated heterocycles. The summed E-state index contributed by atoms with van der Waals surface area (Å²) in [5.41, 5.74) is 0.868. The quantitative estimate of drug-likeness (QED) is 0.618. The maximum absolute atomic E-state index is 12.6. The number of Topliss-reactive ketones (excluding diaryl/α,β-unsaturated/α-hetero) is 1. The minimum absolute atomic E-state index is 0.242. The number of rotatable bonds is 3. The molecule has 2 atom stereocenters. The van der Waals surface area contributed by atoms with Crippen LogP contribution in [0.1, 0.15) is 49.4 Å². The van der Waals surface area contributed by atoms with Crippen LogP contribution in [0, 0.1) is 11.8 Å². The van der Waals surface area contributed by atoms with Gasteiger partial charge >= 0.3 is 0 Å². The lowest BCUT2D eigenvalue weighted by Gasteiger charge is -2.29. The molecule has 2 unspecified atom stereocenters. The standard InChI is InChI=1S/C13H16Br2OS/c1-2-8-5-3-4-6-9(8)12(16)10-7-11(14)17-13(10)15/h7-9H,2-6H2,1H3. The molecule has 17 heavy (non-hydrogen) atoms. The zero-order valence-corrected chi connectivity index (χ0v) is 13.8. The van der Waals surface area contributed by atoms with Crippen molar-refractivity contribution in [1.29, 1.82) is 0 Å². The van der Waals surface area contributed by atoms with Crippen molar-refractivity contribution in [3.05, 3.63) is 19.2 Å². The SMILES string of the molecule is CCC1CCCCC1C(=O)c1cc(Br)sc1Br. The molecule has 94 valence electrons. The highest BCUT2D eigenvalue weighted by Gasteiger charge is 2.31. The van der Waals surface area contributed by atoms with Gasteiger partial charge in [0.25, 0.3) is 0 Å². The van der Waals surface area contributed by atoms with Crippen LogP contribution >= 0.6 is 43.2 Å². The Morgan fingerprint density at radius 1 is 1.41 bits per heavy atom. The van der Waals surface area contributed by atoms with Crippen LogP contribution in [0.2, 0.25) is 0 Å². The molecule has 0 amide bonds. The Kier molecular flexibility index (Phi) is 4.84. The highest BCUT2D eigenvalue weighted by atomic mass is 79.9. The fourth-order valence-electron chi connectivity index (χ4n) is 2.75. The van der Waals surface area contributed by atoms with E-state index in [4.69, 9.17) is 0 Å². The Balaban J connectivity index is 2.21. The molecular formula is C13H16Br2OS. The van der Waals surface area contributed by atoms with Gasteiger partial charge in [-0.05, 0) is 56.7 Å². The van der Waals surface area contributed by atoms with E-state index in [1.807, 2.05) is 6.07 Å². The average Bonchev–Trinajstić information content (AvgIpc) is 2.67. The fourth-order valence-corrected chi connectivity index (χ4v) is 5.57. The summed E-state index contributed by atoms with van der Waals surface area (Å²) < 4.78 is 1.99. The van der Waals surface area contributed by atoms with Crippen LogP contribution in [-0.4, -0.2) is 5.78 Å². The van der Waals surface area contributed by atoms with Gasteiger partial charge in [0.1, 0.15) is 0 Å². The van der Waals surface area contributed by atoms with Gasteiger partial charge in [0.2, 0.25) is 0 Å². The van der Waals surface area contributed by atoms with E-state index >= 15 is 0 Å². The summed E-state index contributed by atoms with van der Waals surface area (Å²) in [6.45, 7) is 2.20. The minimum Gasteiger partial charge on any atom is -0.294 e. The maximum atomic E-state index is 12.6. The molecule has 0 bridgehead atoms. The van der Waals surface area contributed by atoms with Crippen molar-refractivity contribution < 1.29 is 4.79 Å². The van der Waals surface area contributed by atoms with E-state index in [1.165, 1.54) is 19.3 Å². The first kappa shape index (κ1) is 13.8. The first-order valence-corrected chi connectivity index (χ1v) is 8.52. The molecule has 0 spiro atoms. The average molecular weight is 380 g/mol. The molecule has 1 heterocycles. The third-order valence-electron chi connectivity index (χ3n) is 3.69. The summed E-state index contributed by atoms with van der Waals surface area (Å²) in [6, 6.07) is 1.96. The highest BCUT2D eigenvalue weighted by molar-refractivity contribution is 9.12. The van der Waals surface area contributed by atoms with Crippen LogP contribution in [0.4, 0.5) is 0 Å². The van der Waals surface area contributed by atoms with Gasteiger partial charge in [0, 0.05) is 11.5 Å². The van der Waals surface area contributed by atoms with Gasteiger partial charge in [-0.2, -0.15) is 0 Å². The molecule has 1 aromatic rings. The smallest absolute Gasteiger partial charge is 0.168 e. The van der Waals surface area contributed by atoms with Gasteiger partial charge in [-0.3, -0.25) is 4.79 Å². The largest absolute Gasteiger partial charge is 0.294 e. The van der Waals surface area contributed by atoms with E-state index < -0.39 is 0 Å². The lowest BCUT2D eigenvalue weighted by Crippen LogP contribution is -2.26. The van der Waals surface area contributed by atoms with E-state index in [9.17, 15) is 4.79 Å². The number of carbonyl (C=O) groups is 1. The summed E-state index contributed by atoms with van der Waals surface area (Å²) >= 11 is 8.52. The molecule has 2 rings (SSSR count). The molecule has 1 aliphatic carbocycles. The van der Waals surface area contributed by atoms with Crippen LogP contribution in [0.3, 0.4) is 0 Å². The summed E-state index contributed by atoms with van der Waals surface area (Å²) in [5.74, 6) is 1.17. The molecule has 1 aromatic heterocycles. The van der Waals surface area contributed by atoms with Crippen molar-refractivity contribution in [1.82, 2.24) is 0 Å². The zero-order chi connectivity index (χ0) is 12.4. The van der Waals surface area contributed by atoms with E-state index in [0.717, 1.165) is 26.0 Å². The van der Waals surface area contributed by atoms with Crippen molar-refractivity contribution in [2.45, 2.75) is 39.0 Å². The number of hydrogen-bond donors (Lipinski definition) is 0. The van der Waals surface area contributed by atoms with Crippen LogP contribution < -0.4 is 0 Å². The van der Waals surface area contributed by atoms with Crippen molar-refractivity contribution in [2.24, 2.45) is 11.8 Å². The molecule has 1 nitrogen and oxygen atoms in total. The molecule has 0 radical (unpaired) electrons. The Hall–Kier alpha value is 0.330. The van der Waals surface area contributed by atoms with E-state index in [2.05, 4.69) is 38.8 Å². The van der Waals surface area contributed by atoms with Crippen molar-refractivity contribution in [3.8, 4) is 0 Å². The minimum atomic E-state index is 0.242. The van der Waals surface area contributed by atoms with Crippen LogP contribution in [0.5, 0.6) is 0 Å². The Morgan fingerprint density at radius 3 is 2.71 bits per heavy atom. The van der Waals surface area contributed by atoms with Crippen molar-refractivity contribution in [3.63, 3.8) is 0 Å². The van der Waals surface area contributed by atoms with E-state index in [1.54, 1.807) is 11.3 Å². The number of hydrogen-bond acceptors (Lipinski definition) is 2. The van der Waals surface area contributed by atoms with Crippen LogP contribution in [0.15, 0.2) is 13.6 Å². The fraction of sp³-hybridized carbons (Fsp3) is 0.615. The van der Waals surface area contributed by atoms with Gasteiger partial charge < -0.3 is 0 Å². The Morgan fingerprint density at radius 2 is 2.12 bits per heavy atom. The predicted molar refractivity (Wildman–Crippen MR) is 79.8 cm³/mol. The van der Waals surface area contributed by atoms with Gasteiger partial charge in [-0.15, -0.1) is 11.3 Å². The van der Waals surface area contributed by atoms with E-state index in [0.29, 0.717) is 11.7 Å². The van der Waals surface area contributed by atoms with Gasteiger partial charge in [-0.1, -0.05) is 26.2 Å². The van der Waals surface area contributed by atoms with Crippen molar-refractivity contribution in [2.75, 3.05) is 0 Å². The van der Waals surface area contributed by atoms with Crippen molar-refractivity contribution >= 4 is 49.0 Å².